The number of rotatable bonds is 1. The van der Waals surface area contributed by atoms with Crippen LogP contribution in [0.15, 0.2) is 24.3 Å². The Morgan fingerprint density at radius 2 is 2.10 bits per heavy atom. The third-order valence-electron chi connectivity index (χ3n) is 4.69. The van der Waals surface area contributed by atoms with Crippen molar-refractivity contribution >= 4 is 5.91 Å². The van der Waals surface area contributed by atoms with Crippen LogP contribution in [0, 0.1) is 0 Å². The smallest absolute Gasteiger partial charge is 0.244 e. The van der Waals surface area contributed by atoms with Gasteiger partial charge in [0.2, 0.25) is 5.91 Å². The Bertz CT molecular complexity index is 486. The molecular formula is C17H24N2O. The fourth-order valence-corrected chi connectivity index (χ4v) is 3.49. The van der Waals surface area contributed by atoms with Crippen molar-refractivity contribution < 1.29 is 4.79 Å². The van der Waals surface area contributed by atoms with Crippen LogP contribution < -0.4 is 5.32 Å². The molecule has 0 bridgehead atoms. The second kappa shape index (κ2) is 5.96. The van der Waals surface area contributed by atoms with Gasteiger partial charge in [-0.1, -0.05) is 37.1 Å². The Kier molecular flexibility index (Phi) is 4.06. The van der Waals surface area contributed by atoms with E-state index in [1.807, 2.05) is 6.07 Å². The molecule has 108 valence electrons. The second-order valence-electron chi connectivity index (χ2n) is 6.07. The third kappa shape index (κ3) is 2.59. The number of fused-ring (bicyclic) bond motifs is 1. The highest BCUT2D eigenvalue weighted by atomic mass is 16.2. The third-order valence-corrected chi connectivity index (χ3v) is 4.69. The van der Waals surface area contributed by atoms with E-state index >= 15 is 0 Å². The molecule has 20 heavy (non-hydrogen) atoms. The Hall–Kier alpha value is -1.35. The summed E-state index contributed by atoms with van der Waals surface area (Å²) >= 11 is 0. The molecule has 2 heterocycles. The maximum Gasteiger partial charge on any atom is 0.244 e. The summed E-state index contributed by atoms with van der Waals surface area (Å²) in [5.41, 5.74) is 2.51. The molecule has 1 fully saturated rings. The molecule has 1 aromatic rings. The highest BCUT2D eigenvalue weighted by Crippen LogP contribution is 2.27. The topological polar surface area (TPSA) is 32.3 Å². The van der Waals surface area contributed by atoms with E-state index in [-0.39, 0.29) is 11.9 Å². The van der Waals surface area contributed by atoms with Crippen molar-refractivity contribution in [1.82, 2.24) is 10.2 Å². The van der Waals surface area contributed by atoms with Gasteiger partial charge in [0.05, 0.1) is 0 Å². The molecule has 2 aliphatic heterocycles. The van der Waals surface area contributed by atoms with Crippen LogP contribution in [0.4, 0.5) is 0 Å². The van der Waals surface area contributed by atoms with Gasteiger partial charge in [0.15, 0.2) is 0 Å². The van der Waals surface area contributed by atoms with Crippen molar-refractivity contribution in [2.45, 2.75) is 51.1 Å². The number of hydrogen-bond donors (Lipinski definition) is 1. The van der Waals surface area contributed by atoms with Crippen molar-refractivity contribution in [2.75, 3.05) is 13.1 Å². The van der Waals surface area contributed by atoms with Gasteiger partial charge in [0, 0.05) is 19.1 Å². The SMILES string of the molecule is CC1CCCCCN1C(=O)C1NCCc2ccccc21. The lowest BCUT2D eigenvalue weighted by Gasteiger charge is -2.34. The lowest BCUT2D eigenvalue weighted by atomic mass is 9.93. The Morgan fingerprint density at radius 1 is 1.25 bits per heavy atom. The molecule has 2 aliphatic rings. The number of amides is 1. The van der Waals surface area contributed by atoms with E-state index in [1.165, 1.54) is 24.0 Å². The van der Waals surface area contributed by atoms with Gasteiger partial charge in [-0.25, -0.2) is 0 Å². The van der Waals surface area contributed by atoms with Crippen LogP contribution in [-0.4, -0.2) is 29.9 Å². The first-order valence-electron chi connectivity index (χ1n) is 7.89. The first kappa shape index (κ1) is 13.6. The van der Waals surface area contributed by atoms with Crippen molar-refractivity contribution in [2.24, 2.45) is 0 Å². The first-order valence-corrected chi connectivity index (χ1v) is 7.89. The molecule has 1 saturated heterocycles. The summed E-state index contributed by atoms with van der Waals surface area (Å²) in [7, 11) is 0. The van der Waals surface area contributed by atoms with Crippen molar-refractivity contribution in [3.8, 4) is 0 Å². The number of carbonyl (C=O) groups is 1. The largest absolute Gasteiger partial charge is 0.338 e. The van der Waals surface area contributed by atoms with E-state index in [9.17, 15) is 4.79 Å². The van der Waals surface area contributed by atoms with Gasteiger partial charge >= 0.3 is 0 Å². The summed E-state index contributed by atoms with van der Waals surface area (Å²) in [6, 6.07) is 8.61. The van der Waals surface area contributed by atoms with Gasteiger partial charge in [-0.05, 0) is 37.3 Å². The highest BCUT2D eigenvalue weighted by Gasteiger charge is 2.32. The number of hydrogen-bond acceptors (Lipinski definition) is 2. The Balaban J connectivity index is 1.84. The van der Waals surface area contributed by atoms with Gasteiger partial charge in [-0.15, -0.1) is 0 Å². The van der Waals surface area contributed by atoms with E-state index in [4.69, 9.17) is 0 Å². The van der Waals surface area contributed by atoms with Gasteiger partial charge in [0.25, 0.3) is 0 Å². The summed E-state index contributed by atoms with van der Waals surface area (Å²) < 4.78 is 0. The maximum atomic E-state index is 12.9. The molecule has 0 radical (unpaired) electrons. The van der Waals surface area contributed by atoms with Crippen LogP contribution in [0.25, 0.3) is 0 Å². The average molecular weight is 272 g/mol. The van der Waals surface area contributed by atoms with Crippen LogP contribution in [0.2, 0.25) is 0 Å². The summed E-state index contributed by atoms with van der Waals surface area (Å²) in [5, 5.41) is 3.42. The summed E-state index contributed by atoms with van der Waals surface area (Å²) in [6.45, 7) is 4.01. The lowest BCUT2D eigenvalue weighted by Crippen LogP contribution is -2.47. The molecule has 1 amide bonds. The average Bonchev–Trinajstić information content (AvgIpc) is 2.70. The van der Waals surface area contributed by atoms with Gasteiger partial charge in [-0.2, -0.15) is 0 Å². The molecule has 0 spiro atoms. The van der Waals surface area contributed by atoms with Crippen LogP contribution in [0.3, 0.4) is 0 Å². The molecule has 0 aromatic heterocycles. The Morgan fingerprint density at radius 3 is 3.00 bits per heavy atom. The molecular weight excluding hydrogens is 248 g/mol. The lowest BCUT2D eigenvalue weighted by molar-refractivity contribution is -0.135. The number of nitrogens with one attached hydrogen (secondary N) is 1. The van der Waals surface area contributed by atoms with E-state index in [0.717, 1.165) is 32.4 Å². The van der Waals surface area contributed by atoms with Crippen molar-refractivity contribution in [3.63, 3.8) is 0 Å². The number of benzene rings is 1. The van der Waals surface area contributed by atoms with Gasteiger partial charge < -0.3 is 10.2 Å². The zero-order valence-corrected chi connectivity index (χ0v) is 12.3. The van der Waals surface area contributed by atoms with Crippen LogP contribution in [-0.2, 0) is 11.2 Å². The predicted molar refractivity (Wildman–Crippen MR) is 80.5 cm³/mol. The van der Waals surface area contributed by atoms with Crippen molar-refractivity contribution in [3.05, 3.63) is 35.4 Å². The standard InChI is InChI=1S/C17H24N2O/c1-13-7-3-2-6-12-19(13)17(20)16-15-9-5-4-8-14(15)10-11-18-16/h4-5,8-9,13,16,18H,2-3,6-7,10-12H2,1H3. The molecule has 2 atom stereocenters. The molecule has 3 heteroatoms. The fourth-order valence-electron chi connectivity index (χ4n) is 3.49. The number of likely N-dealkylation sites (tertiary alicyclic amines) is 1. The predicted octanol–water partition coefficient (Wildman–Crippen LogP) is 2.66. The van der Waals surface area contributed by atoms with Crippen molar-refractivity contribution in [1.29, 1.82) is 0 Å². The van der Waals surface area contributed by atoms with Crippen LogP contribution in [0.1, 0.15) is 49.8 Å². The van der Waals surface area contributed by atoms with Crippen LogP contribution >= 0.6 is 0 Å². The number of nitrogens with zero attached hydrogens (tertiary/aromatic N) is 1. The molecule has 0 aliphatic carbocycles. The van der Waals surface area contributed by atoms with Crippen LogP contribution in [0.5, 0.6) is 0 Å². The molecule has 2 unspecified atom stereocenters. The minimum atomic E-state index is -0.138. The van der Waals surface area contributed by atoms with Gasteiger partial charge in [-0.3, -0.25) is 4.79 Å². The zero-order chi connectivity index (χ0) is 13.9. The minimum absolute atomic E-state index is 0.138. The molecule has 1 aromatic carbocycles. The van der Waals surface area contributed by atoms with Gasteiger partial charge in [0.1, 0.15) is 6.04 Å². The minimum Gasteiger partial charge on any atom is -0.338 e. The second-order valence-corrected chi connectivity index (χ2v) is 6.07. The first-order chi connectivity index (χ1) is 9.77. The summed E-state index contributed by atoms with van der Waals surface area (Å²) in [6.07, 6.45) is 5.81. The quantitative estimate of drug-likeness (QED) is 0.852. The Labute approximate surface area is 121 Å². The molecule has 3 nitrogen and oxygen atoms in total. The summed E-state index contributed by atoms with van der Waals surface area (Å²) in [5.74, 6) is 0.270. The normalized spacial score (nSPS) is 26.8. The molecule has 0 saturated carbocycles. The maximum absolute atomic E-state index is 12.9. The molecule has 3 rings (SSSR count). The zero-order valence-electron chi connectivity index (χ0n) is 12.3. The van der Waals surface area contributed by atoms with E-state index in [0.29, 0.717) is 6.04 Å². The fraction of sp³-hybridized carbons (Fsp3) is 0.588. The summed E-state index contributed by atoms with van der Waals surface area (Å²) in [4.78, 5) is 15.0. The van der Waals surface area contributed by atoms with E-state index in [1.54, 1.807) is 0 Å². The number of carbonyl (C=O) groups excluding carboxylic acids is 1. The molecule has 1 N–H and O–H groups in total. The van der Waals surface area contributed by atoms with E-state index in [2.05, 4.69) is 35.3 Å². The monoisotopic (exact) mass is 272 g/mol. The highest BCUT2D eigenvalue weighted by molar-refractivity contribution is 5.84. The van der Waals surface area contributed by atoms with E-state index < -0.39 is 0 Å².